The summed E-state index contributed by atoms with van der Waals surface area (Å²) in [7, 11) is 0. The molecule has 0 bridgehead atoms. The third kappa shape index (κ3) is 2.54. The molecule has 1 saturated carbocycles. The highest BCUT2D eigenvalue weighted by molar-refractivity contribution is 6.35. The van der Waals surface area contributed by atoms with Gasteiger partial charge in [0.25, 0.3) is 5.56 Å². The van der Waals surface area contributed by atoms with Gasteiger partial charge in [-0.2, -0.15) is 0 Å². The quantitative estimate of drug-likeness (QED) is 0.937. The van der Waals surface area contributed by atoms with Crippen molar-refractivity contribution in [3.63, 3.8) is 0 Å². The second-order valence-electron chi connectivity index (χ2n) is 5.34. The Bertz CT molecular complexity index is 798. The molecule has 2 aromatic rings. The topological polar surface area (TPSA) is 87.2 Å². The van der Waals surface area contributed by atoms with Crippen LogP contribution in [0, 0.1) is 0 Å². The van der Waals surface area contributed by atoms with Crippen molar-refractivity contribution in [3.8, 4) is 0 Å². The van der Waals surface area contributed by atoms with Crippen LogP contribution in [0.1, 0.15) is 44.2 Å². The van der Waals surface area contributed by atoms with E-state index in [4.69, 9.17) is 22.1 Å². The summed E-state index contributed by atoms with van der Waals surface area (Å²) in [5, 5.41) is 0.772. The molecular weight excluding hydrogens is 306 g/mol. The van der Waals surface area contributed by atoms with Crippen LogP contribution in [0.4, 0.5) is 4.79 Å². The Morgan fingerprint density at radius 1 is 1.55 bits per heavy atom. The SMILES string of the molecule is CCC(OC(N)=O)c1nc2cccc(Cl)c2c(=O)n1C1CC1. The molecule has 22 heavy (non-hydrogen) atoms. The highest BCUT2D eigenvalue weighted by Crippen LogP contribution is 2.37. The van der Waals surface area contributed by atoms with E-state index in [2.05, 4.69) is 4.98 Å². The van der Waals surface area contributed by atoms with Gasteiger partial charge in [-0.15, -0.1) is 0 Å². The van der Waals surface area contributed by atoms with Crippen molar-refractivity contribution in [2.45, 2.75) is 38.3 Å². The van der Waals surface area contributed by atoms with Crippen LogP contribution in [0.3, 0.4) is 0 Å². The molecule has 1 aromatic heterocycles. The van der Waals surface area contributed by atoms with Gasteiger partial charge >= 0.3 is 6.09 Å². The minimum Gasteiger partial charge on any atom is -0.438 e. The second-order valence-corrected chi connectivity index (χ2v) is 5.75. The third-order valence-electron chi connectivity index (χ3n) is 3.74. The van der Waals surface area contributed by atoms with Gasteiger partial charge in [-0.25, -0.2) is 9.78 Å². The largest absolute Gasteiger partial charge is 0.438 e. The number of amides is 1. The molecule has 1 atom stereocenters. The predicted octanol–water partition coefficient (Wildman–Crippen LogP) is 2.93. The van der Waals surface area contributed by atoms with Gasteiger partial charge in [0.05, 0.1) is 15.9 Å². The van der Waals surface area contributed by atoms with Crippen LogP contribution in [0.2, 0.25) is 5.02 Å². The highest BCUT2D eigenvalue weighted by atomic mass is 35.5. The minimum atomic E-state index is -0.880. The first-order chi connectivity index (χ1) is 10.5. The summed E-state index contributed by atoms with van der Waals surface area (Å²) in [4.78, 5) is 28.5. The van der Waals surface area contributed by atoms with Crippen molar-refractivity contribution in [2.75, 3.05) is 0 Å². The number of halogens is 1. The van der Waals surface area contributed by atoms with Gasteiger partial charge < -0.3 is 10.5 Å². The summed E-state index contributed by atoms with van der Waals surface area (Å²) in [6, 6.07) is 5.21. The molecule has 0 aliphatic heterocycles. The molecule has 0 spiro atoms. The number of carbonyl (C=O) groups excluding carboxylic acids is 1. The summed E-state index contributed by atoms with van der Waals surface area (Å²) < 4.78 is 6.72. The molecule has 1 aromatic carbocycles. The number of nitrogens with two attached hydrogens (primary N) is 1. The molecule has 1 fully saturated rings. The minimum absolute atomic E-state index is 0.0844. The molecule has 116 valence electrons. The van der Waals surface area contributed by atoms with E-state index in [0.717, 1.165) is 12.8 Å². The molecule has 1 unspecified atom stereocenters. The number of carbonyl (C=O) groups is 1. The van der Waals surface area contributed by atoms with Crippen LogP contribution >= 0.6 is 11.6 Å². The smallest absolute Gasteiger partial charge is 0.405 e. The van der Waals surface area contributed by atoms with E-state index in [-0.39, 0.29) is 11.6 Å². The van der Waals surface area contributed by atoms with Crippen LogP contribution < -0.4 is 11.3 Å². The first-order valence-corrected chi connectivity index (χ1v) is 7.57. The van der Waals surface area contributed by atoms with E-state index < -0.39 is 12.2 Å². The lowest BCUT2D eigenvalue weighted by molar-refractivity contribution is 0.0959. The molecule has 7 heteroatoms. The van der Waals surface area contributed by atoms with Crippen molar-refractivity contribution in [2.24, 2.45) is 5.73 Å². The molecule has 2 N–H and O–H groups in total. The van der Waals surface area contributed by atoms with Crippen LogP contribution in [0.5, 0.6) is 0 Å². The molecule has 0 saturated heterocycles. The fourth-order valence-electron chi connectivity index (χ4n) is 2.59. The maximum absolute atomic E-state index is 12.8. The molecule has 6 nitrogen and oxygen atoms in total. The Kier molecular flexibility index (Phi) is 3.78. The van der Waals surface area contributed by atoms with E-state index in [0.29, 0.717) is 28.2 Å². The van der Waals surface area contributed by atoms with Crippen molar-refractivity contribution in [1.82, 2.24) is 9.55 Å². The number of hydrogen-bond acceptors (Lipinski definition) is 4. The van der Waals surface area contributed by atoms with E-state index in [9.17, 15) is 9.59 Å². The summed E-state index contributed by atoms with van der Waals surface area (Å²) in [6.45, 7) is 1.85. The predicted molar refractivity (Wildman–Crippen MR) is 83.0 cm³/mol. The normalized spacial score (nSPS) is 15.7. The van der Waals surface area contributed by atoms with Gasteiger partial charge in [0.15, 0.2) is 11.9 Å². The van der Waals surface area contributed by atoms with Gasteiger partial charge in [-0.1, -0.05) is 24.6 Å². The molecule has 3 rings (SSSR count). The Balaban J connectivity index is 2.26. The zero-order chi connectivity index (χ0) is 15.9. The fourth-order valence-corrected chi connectivity index (χ4v) is 2.84. The average molecular weight is 322 g/mol. The number of fused-ring (bicyclic) bond motifs is 1. The number of ether oxygens (including phenoxy) is 1. The Morgan fingerprint density at radius 2 is 2.27 bits per heavy atom. The fraction of sp³-hybridized carbons (Fsp3) is 0.400. The molecule has 1 heterocycles. The zero-order valence-electron chi connectivity index (χ0n) is 12.1. The zero-order valence-corrected chi connectivity index (χ0v) is 12.8. The van der Waals surface area contributed by atoms with E-state index in [1.807, 2.05) is 6.92 Å². The van der Waals surface area contributed by atoms with Crippen LogP contribution in [0.15, 0.2) is 23.0 Å². The molecular formula is C15H16ClN3O3. The second kappa shape index (κ2) is 5.61. The highest BCUT2D eigenvalue weighted by Gasteiger charge is 2.32. The van der Waals surface area contributed by atoms with Gasteiger partial charge in [0, 0.05) is 6.04 Å². The van der Waals surface area contributed by atoms with E-state index in [1.54, 1.807) is 22.8 Å². The first-order valence-electron chi connectivity index (χ1n) is 7.19. The van der Waals surface area contributed by atoms with Crippen LogP contribution in [0.25, 0.3) is 10.9 Å². The summed E-state index contributed by atoms with van der Waals surface area (Å²) in [6.07, 6.45) is 0.757. The number of benzene rings is 1. The van der Waals surface area contributed by atoms with Gasteiger partial charge in [0.1, 0.15) is 0 Å². The Hall–Kier alpha value is -2.08. The number of nitrogens with zero attached hydrogens (tertiary/aromatic N) is 2. The van der Waals surface area contributed by atoms with Crippen molar-refractivity contribution in [1.29, 1.82) is 0 Å². The summed E-state index contributed by atoms with van der Waals surface area (Å²) >= 11 is 6.15. The average Bonchev–Trinajstić information content (AvgIpc) is 3.28. The van der Waals surface area contributed by atoms with E-state index in [1.165, 1.54) is 0 Å². The number of rotatable bonds is 4. The monoisotopic (exact) mass is 321 g/mol. The summed E-state index contributed by atoms with van der Waals surface area (Å²) in [5.41, 5.74) is 5.43. The van der Waals surface area contributed by atoms with Crippen molar-refractivity contribution in [3.05, 3.63) is 39.4 Å². The van der Waals surface area contributed by atoms with Crippen molar-refractivity contribution >= 4 is 28.6 Å². The lowest BCUT2D eigenvalue weighted by atomic mass is 10.2. The van der Waals surface area contributed by atoms with E-state index >= 15 is 0 Å². The molecule has 0 radical (unpaired) electrons. The number of hydrogen-bond donors (Lipinski definition) is 1. The first kappa shape index (κ1) is 14.8. The lowest BCUT2D eigenvalue weighted by Crippen LogP contribution is -2.29. The van der Waals surface area contributed by atoms with Gasteiger partial charge in [-0.3, -0.25) is 9.36 Å². The molecule has 1 aliphatic rings. The Morgan fingerprint density at radius 3 is 2.86 bits per heavy atom. The standard InChI is InChI=1S/C15H16ClN3O3/c1-2-11(22-15(17)21)13-18-10-5-3-4-9(16)12(10)14(20)19(13)8-6-7-8/h3-5,8,11H,2,6-7H2,1H3,(H2,17,21). The van der Waals surface area contributed by atoms with Gasteiger partial charge in [0.2, 0.25) is 0 Å². The third-order valence-corrected chi connectivity index (χ3v) is 4.05. The summed E-state index contributed by atoms with van der Waals surface area (Å²) in [5.74, 6) is 0.434. The molecule has 1 aliphatic carbocycles. The Labute approximate surface area is 131 Å². The number of aromatic nitrogens is 2. The van der Waals surface area contributed by atoms with Crippen LogP contribution in [-0.4, -0.2) is 15.6 Å². The van der Waals surface area contributed by atoms with Crippen molar-refractivity contribution < 1.29 is 9.53 Å². The van der Waals surface area contributed by atoms with Crippen LogP contribution in [-0.2, 0) is 4.74 Å². The maximum atomic E-state index is 12.8. The number of primary amides is 1. The maximum Gasteiger partial charge on any atom is 0.405 e. The lowest BCUT2D eigenvalue weighted by Gasteiger charge is -2.20. The molecule has 1 amide bonds. The van der Waals surface area contributed by atoms with Gasteiger partial charge in [-0.05, 0) is 31.4 Å².